The standard InChI is InChI=1S/C16H18FNO3/c1-10(18)12-9-11(17)7-8-13(12)21-16-14(19-2)5-4-6-15(16)20-3/h4-10H,18H2,1-3H3/t10-/m0/s1. The topological polar surface area (TPSA) is 53.7 Å². The number of benzene rings is 2. The lowest BCUT2D eigenvalue weighted by Crippen LogP contribution is -2.07. The van der Waals surface area contributed by atoms with Gasteiger partial charge in [-0.05, 0) is 37.3 Å². The molecule has 2 rings (SSSR count). The molecule has 112 valence electrons. The summed E-state index contributed by atoms with van der Waals surface area (Å²) in [5.41, 5.74) is 6.44. The Morgan fingerprint density at radius 1 is 1.00 bits per heavy atom. The molecule has 2 aromatic rings. The van der Waals surface area contributed by atoms with Crippen LogP contribution in [-0.4, -0.2) is 14.2 Å². The van der Waals surface area contributed by atoms with Crippen LogP contribution in [0.5, 0.6) is 23.0 Å². The van der Waals surface area contributed by atoms with Crippen molar-refractivity contribution in [3.05, 3.63) is 47.8 Å². The van der Waals surface area contributed by atoms with Gasteiger partial charge in [-0.2, -0.15) is 0 Å². The molecular formula is C16H18FNO3. The number of halogens is 1. The molecule has 0 bridgehead atoms. The third kappa shape index (κ3) is 3.25. The Morgan fingerprint density at radius 2 is 1.62 bits per heavy atom. The number of nitrogens with two attached hydrogens (primary N) is 1. The fourth-order valence-electron chi connectivity index (χ4n) is 2.00. The van der Waals surface area contributed by atoms with Gasteiger partial charge in [0, 0.05) is 11.6 Å². The average Bonchev–Trinajstić information content (AvgIpc) is 2.48. The van der Waals surface area contributed by atoms with E-state index >= 15 is 0 Å². The molecular weight excluding hydrogens is 273 g/mol. The maximum absolute atomic E-state index is 13.4. The quantitative estimate of drug-likeness (QED) is 0.913. The summed E-state index contributed by atoms with van der Waals surface area (Å²) in [6.07, 6.45) is 0. The van der Waals surface area contributed by atoms with Crippen molar-refractivity contribution in [2.75, 3.05) is 14.2 Å². The van der Waals surface area contributed by atoms with Crippen molar-refractivity contribution in [1.29, 1.82) is 0 Å². The third-order valence-corrected chi connectivity index (χ3v) is 3.06. The molecule has 0 saturated heterocycles. The van der Waals surface area contributed by atoms with E-state index in [1.807, 2.05) is 0 Å². The van der Waals surface area contributed by atoms with Gasteiger partial charge in [0.05, 0.1) is 14.2 Å². The molecule has 4 nitrogen and oxygen atoms in total. The van der Waals surface area contributed by atoms with E-state index in [4.69, 9.17) is 19.9 Å². The molecule has 0 heterocycles. The molecule has 0 saturated carbocycles. The highest BCUT2D eigenvalue weighted by Gasteiger charge is 2.16. The Labute approximate surface area is 123 Å². The van der Waals surface area contributed by atoms with E-state index in [9.17, 15) is 4.39 Å². The minimum absolute atomic E-state index is 0.360. The molecule has 0 aliphatic rings. The Balaban J connectivity index is 2.47. The highest BCUT2D eigenvalue weighted by molar-refractivity contribution is 5.54. The van der Waals surface area contributed by atoms with Crippen molar-refractivity contribution in [2.45, 2.75) is 13.0 Å². The van der Waals surface area contributed by atoms with Crippen LogP contribution < -0.4 is 19.9 Å². The smallest absolute Gasteiger partial charge is 0.211 e. The van der Waals surface area contributed by atoms with Gasteiger partial charge >= 0.3 is 0 Å². The summed E-state index contributed by atoms with van der Waals surface area (Å²) >= 11 is 0. The number of hydrogen-bond donors (Lipinski definition) is 1. The van der Waals surface area contributed by atoms with Crippen LogP contribution in [0, 0.1) is 5.82 Å². The van der Waals surface area contributed by atoms with E-state index in [0.29, 0.717) is 28.6 Å². The first-order valence-electron chi connectivity index (χ1n) is 6.50. The van der Waals surface area contributed by atoms with Gasteiger partial charge in [0.25, 0.3) is 0 Å². The number of methoxy groups -OCH3 is 2. The van der Waals surface area contributed by atoms with Gasteiger partial charge in [0.15, 0.2) is 11.5 Å². The largest absolute Gasteiger partial charge is 0.493 e. The van der Waals surface area contributed by atoms with Gasteiger partial charge in [-0.1, -0.05) is 6.07 Å². The molecule has 5 heteroatoms. The van der Waals surface area contributed by atoms with Gasteiger partial charge in [0.2, 0.25) is 5.75 Å². The lowest BCUT2D eigenvalue weighted by molar-refractivity contribution is 0.344. The van der Waals surface area contributed by atoms with E-state index in [2.05, 4.69) is 0 Å². The maximum atomic E-state index is 13.4. The minimum Gasteiger partial charge on any atom is -0.493 e. The summed E-state index contributed by atoms with van der Waals surface area (Å²) in [6.45, 7) is 1.76. The summed E-state index contributed by atoms with van der Waals surface area (Å²) in [4.78, 5) is 0. The number of hydrogen-bond acceptors (Lipinski definition) is 4. The zero-order chi connectivity index (χ0) is 15.4. The maximum Gasteiger partial charge on any atom is 0.211 e. The average molecular weight is 291 g/mol. The van der Waals surface area contributed by atoms with Crippen LogP contribution >= 0.6 is 0 Å². The first kappa shape index (κ1) is 15.1. The van der Waals surface area contributed by atoms with Gasteiger partial charge in [-0.15, -0.1) is 0 Å². The summed E-state index contributed by atoms with van der Waals surface area (Å²) in [6, 6.07) is 9.17. The van der Waals surface area contributed by atoms with Gasteiger partial charge in [-0.25, -0.2) is 4.39 Å². The summed E-state index contributed by atoms with van der Waals surface area (Å²) in [7, 11) is 3.08. The molecule has 1 atom stereocenters. The molecule has 0 aliphatic carbocycles. The van der Waals surface area contributed by atoms with Gasteiger partial charge < -0.3 is 19.9 Å². The van der Waals surface area contributed by atoms with Crippen LogP contribution in [0.1, 0.15) is 18.5 Å². The van der Waals surface area contributed by atoms with Crippen molar-refractivity contribution in [3.8, 4) is 23.0 Å². The summed E-state index contributed by atoms with van der Waals surface area (Å²) < 4.78 is 29.8. The van der Waals surface area contributed by atoms with E-state index in [-0.39, 0.29) is 11.9 Å². The van der Waals surface area contributed by atoms with E-state index in [1.165, 1.54) is 12.1 Å². The van der Waals surface area contributed by atoms with Crippen LogP contribution in [0.25, 0.3) is 0 Å². The van der Waals surface area contributed by atoms with Crippen molar-refractivity contribution < 1.29 is 18.6 Å². The minimum atomic E-state index is -0.364. The highest BCUT2D eigenvalue weighted by atomic mass is 19.1. The Morgan fingerprint density at radius 3 is 2.14 bits per heavy atom. The Kier molecular flexibility index (Phi) is 4.65. The predicted molar refractivity (Wildman–Crippen MR) is 78.6 cm³/mol. The predicted octanol–water partition coefficient (Wildman–Crippen LogP) is 3.65. The van der Waals surface area contributed by atoms with Crippen molar-refractivity contribution in [3.63, 3.8) is 0 Å². The van der Waals surface area contributed by atoms with Crippen LogP contribution in [0.15, 0.2) is 36.4 Å². The second-order valence-electron chi connectivity index (χ2n) is 4.56. The van der Waals surface area contributed by atoms with E-state index < -0.39 is 0 Å². The molecule has 21 heavy (non-hydrogen) atoms. The third-order valence-electron chi connectivity index (χ3n) is 3.06. The molecule has 2 N–H and O–H groups in total. The van der Waals surface area contributed by atoms with Crippen molar-refractivity contribution in [2.24, 2.45) is 5.73 Å². The molecule has 0 unspecified atom stereocenters. The Bertz CT molecular complexity index is 607. The first-order chi connectivity index (χ1) is 10.1. The van der Waals surface area contributed by atoms with Crippen LogP contribution in [0.3, 0.4) is 0 Å². The number of rotatable bonds is 5. The molecule has 0 radical (unpaired) electrons. The molecule has 0 spiro atoms. The first-order valence-corrected chi connectivity index (χ1v) is 6.50. The van der Waals surface area contributed by atoms with Gasteiger partial charge in [-0.3, -0.25) is 0 Å². The van der Waals surface area contributed by atoms with E-state index in [0.717, 1.165) is 0 Å². The van der Waals surface area contributed by atoms with Crippen LogP contribution in [0.4, 0.5) is 4.39 Å². The molecule has 0 aromatic heterocycles. The fourth-order valence-corrected chi connectivity index (χ4v) is 2.00. The highest BCUT2D eigenvalue weighted by Crippen LogP contribution is 2.41. The monoisotopic (exact) mass is 291 g/mol. The van der Waals surface area contributed by atoms with Crippen LogP contribution in [-0.2, 0) is 0 Å². The summed E-state index contributed by atoms with van der Waals surface area (Å²) in [5, 5.41) is 0. The van der Waals surface area contributed by atoms with Gasteiger partial charge in [0.1, 0.15) is 11.6 Å². The molecule has 0 fully saturated rings. The van der Waals surface area contributed by atoms with Crippen LogP contribution in [0.2, 0.25) is 0 Å². The van der Waals surface area contributed by atoms with Crippen molar-refractivity contribution >= 4 is 0 Å². The normalized spacial score (nSPS) is 11.9. The SMILES string of the molecule is COc1cccc(OC)c1Oc1ccc(F)cc1[C@H](C)N. The molecule has 0 amide bonds. The summed E-state index contributed by atoms with van der Waals surface area (Å²) in [5.74, 6) is 1.58. The molecule has 0 aliphatic heterocycles. The second-order valence-corrected chi connectivity index (χ2v) is 4.56. The lowest BCUT2D eigenvalue weighted by atomic mass is 10.1. The van der Waals surface area contributed by atoms with Crippen molar-refractivity contribution in [1.82, 2.24) is 0 Å². The molecule has 2 aromatic carbocycles. The lowest BCUT2D eigenvalue weighted by Gasteiger charge is -2.17. The number of ether oxygens (including phenoxy) is 3. The zero-order valence-corrected chi connectivity index (χ0v) is 12.2. The fraction of sp³-hybridized carbons (Fsp3) is 0.250. The Hall–Kier alpha value is -2.27. The van der Waals surface area contributed by atoms with E-state index in [1.54, 1.807) is 45.4 Å². The second kappa shape index (κ2) is 6.45. The number of para-hydroxylation sites is 1. The zero-order valence-electron chi connectivity index (χ0n) is 12.2.